The molecular weight excluding hydrogens is 429 g/mol. The summed E-state index contributed by atoms with van der Waals surface area (Å²) in [6, 6.07) is 12.1. The smallest absolute Gasteiger partial charge is 0.227 e. The first-order chi connectivity index (χ1) is 14.9. The Labute approximate surface area is 195 Å². The molecule has 2 aromatic carbocycles. The predicted molar refractivity (Wildman–Crippen MR) is 129 cm³/mol. The highest BCUT2D eigenvalue weighted by molar-refractivity contribution is 6.35. The molecular formula is C25H31Cl2N3O. The molecule has 2 saturated heterocycles. The van der Waals surface area contributed by atoms with Crippen molar-refractivity contribution in [1.29, 1.82) is 0 Å². The van der Waals surface area contributed by atoms with Gasteiger partial charge in [0.05, 0.1) is 5.92 Å². The lowest BCUT2D eigenvalue weighted by Crippen LogP contribution is -2.52. The minimum Gasteiger partial charge on any atom is -0.368 e. The summed E-state index contributed by atoms with van der Waals surface area (Å²) in [6.07, 6.45) is 1.99. The third-order valence-corrected chi connectivity index (χ3v) is 7.51. The average Bonchev–Trinajstić information content (AvgIpc) is 2.78. The minimum absolute atomic E-state index is 0.0577. The molecule has 0 saturated carbocycles. The second kappa shape index (κ2) is 9.81. The molecule has 0 N–H and O–H groups in total. The number of rotatable bonds is 4. The van der Waals surface area contributed by atoms with Crippen LogP contribution in [0.15, 0.2) is 36.4 Å². The maximum Gasteiger partial charge on any atom is 0.227 e. The van der Waals surface area contributed by atoms with Crippen LogP contribution in [-0.4, -0.2) is 55.0 Å². The van der Waals surface area contributed by atoms with Gasteiger partial charge < -0.3 is 9.80 Å². The Bertz CT molecular complexity index is 920. The summed E-state index contributed by atoms with van der Waals surface area (Å²) in [5.41, 5.74) is 4.91. The van der Waals surface area contributed by atoms with Crippen LogP contribution in [0.25, 0.3) is 0 Å². The zero-order chi connectivity index (χ0) is 22.0. The first-order valence-electron chi connectivity index (χ1n) is 11.2. The Kier molecular flexibility index (Phi) is 7.10. The van der Waals surface area contributed by atoms with Gasteiger partial charge in [-0.3, -0.25) is 9.69 Å². The number of piperazine rings is 1. The van der Waals surface area contributed by atoms with E-state index in [0.717, 1.165) is 57.7 Å². The highest BCUT2D eigenvalue weighted by Gasteiger charge is 2.31. The van der Waals surface area contributed by atoms with E-state index in [1.165, 1.54) is 16.8 Å². The molecule has 6 heteroatoms. The molecule has 2 aliphatic heterocycles. The van der Waals surface area contributed by atoms with E-state index in [9.17, 15) is 4.79 Å². The predicted octanol–water partition coefficient (Wildman–Crippen LogP) is 5.17. The third-order valence-electron chi connectivity index (χ3n) is 6.81. The van der Waals surface area contributed by atoms with E-state index in [2.05, 4.69) is 46.7 Å². The average molecular weight is 460 g/mol. The number of carbonyl (C=O) groups is 1. The van der Waals surface area contributed by atoms with Gasteiger partial charge in [-0.1, -0.05) is 41.4 Å². The highest BCUT2D eigenvalue weighted by Crippen LogP contribution is 2.29. The number of amides is 1. The summed E-state index contributed by atoms with van der Waals surface area (Å²) in [5.74, 6) is 0.359. The lowest BCUT2D eigenvalue weighted by Gasteiger charge is -2.40. The van der Waals surface area contributed by atoms with Crippen LogP contribution in [0.4, 0.5) is 5.69 Å². The maximum absolute atomic E-state index is 13.3. The first kappa shape index (κ1) is 22.4. The molecule has 31 heavy (non-hydrogen) atoms. The fourth-order valence-electron chi connectivity index (χ4n) is 4.81. The fraction of sp³-hybridized carbons (Fsp3) is 0.480. The van der Waals surface area contributed by atoms with Crippen LogP contribution < -0.4 is 4.90 Å². The van der Waals surface area contributed by atoms with E-state index in [1.807, 2.05) is 18.2 Å². The zero-order valence-corrected chi connectivity index (χ0v) is 19.9. The molecule has 1 amide bonds. The lowest BCUT2D eigenvalue weighted by molar-refractivity contribution is -0.137. The molecule has 2 heterocycles. The van der Waals surface area contributed by atoms with Gasteiger partial charge in [0, 0.05) is 60.6 Å². The van der Waals surface area contributed by atoms with Crippen LogP contribution in [0, 0.1) is 19.8 Å². The van der Waals surface area contributed by atoms with Crippen LogP contribution in [-0.2, 0) is 11.3 Å². The van der Waals surface area contributed by atoms with Crippen molar-refractivity contribution in [2.24, 2.45) is 5.92 Å². The summed E-state index contributed by atoms with van der Waals surface area (Å²) >= 11 is 12.7. The highest BCUT2D eigenvalue weighted by atomic mass is 35.5. The summed E-state index contributed by atoms with van der Waals surface area (Å²) in [4.78, 5) is 20.1. The molecule has 0 bridgehead atoms. The quantitative estimate of drug-likeness (QED) is 0.630. The number of piperidine rings is 1. The maximum atomic E-state index is 13.3. The van der Waals surface area contributed by atoms with Crippen LogP contribution in [0.3, 0.4) is 0 Å². The number of aryl methyl sites for hydroxylation is 1. The topological polar surface area (TPSA) is 26.8 Å². The number of halogens is 2. The van der Waals surface area contributed by atoms with E-state index in [4.69, 9.17) is 23.2 Å². The van der Waals surface area contributed by atoms with Crippen molar-refractivity contribution in [3.8, 4) is 0 Å². The van der Waals surface area contributed by atoms with Gasteiger partial charge in [-0.05, 0) is 62.6 Å². The first-order valence-corrected chi connectivity index (χ1v) is 11.9. The second-order valence-electron chi connectivity index (χ2n) is 8.81. The van der Waals surface area contributed by atoms with Gasteiger partial charge in [0.1, 0.15) is 0 Å². The molecule has 1 atom stereocenters. The van der Waals surface area contributed by atoms with Crippen molar-refractivity contribution in [2.45, 2.75) is 33.2 Å². The monoisotopic (exact) mass is 459 g/mol. The number of nitrogens with zero attached hydrogens (tertiary/aromatic N) is 3. The van der Waals surface area contributed by atoms with E-state index in [0.29, 0.717) is 22.5 Å². The molecule has 0 aromatic heterocycles. The number of likely N-dealkylation sites (tertiary alicyclic amines) is 1. The SMILES string of the molecule is Cc1cccc(N2CCN(C(=O)C3CCCN(Cc4c(Cl)cccc4Cl)C3)CC2)c1C. The molecule has 0 spiro atoms. The van der Waals surface area contributed by atoms with Crippen LogP contribution in [0.5, 0.6) is 0 Å². The van der Waals surface area contributed by atoms with Gasteiger partial charge in [-0.2, -0.15) is 0 Å². The second-order valence-corrected chi connectivity index (χ2v) is 9.62. The summed E-state index contributed by atoms with van der Waals surface area (Å²) in [5, 5.41) is 1.40. The molecule has 2 aromatic rings. The van der Waals surface area contributed by atoms with Gasteiger partial charge in [-0.15, -0.1) is 0 Å². The molecule has 166 valence electrons. The van der Waals surface area contributed by atoms with E-state index < -0.39 is 0 Å². The number of anilines is 1. The normalized spacial score (nSPS) is 20.2. The van der Waals surface area contributed by atoms with Crippen molar-refractivity contribution < 1.29 is 4.79 Å². The Morgan fingerprint density at radius 3 is 2.35 bits per heavy atom. The van der Waals surface area contributed by atoms with Crippen LogP contribution >= 0.6 is 23.2 Å². The van der Waals surface area contributed by atoms with Gasteiger partial charge in [0.2, 0.25) is 5.91 Å². The standard InChI is InChI=1S/C25H31Cl2N3O/c1-18-6-3-10-24(19(18)2)29-12-14-30(15-13-29)25(31)20-7-5-11-28(16-20)17-21-22(26)8-4-9-23(21)27/h3-4,6,8-10,20H,5,7,11-17H2,1-2H3. The Morgan fingerprint density at radius 1 is 0.968 bits per heavy atom. The summed E-state index contributed by atoms with van der Waals surface area (Å²) in [7, 11) is 0. The minimum atomic E-state index is 0.0577. The molecule has 0 aliphatic carbocycles. The van der Waals surface area contributed by atoms with Gasteiger partial charge in [0.25, 0.3) is 0 Å². The molecule has 2 aliphatic rings. The Balaban J connectivity index is 1.35. The lowest BCUT2D eigenvalue weighted by atomic mass is 9.95. The Morgan fingerprint density at radius 2 is 1.65 bits per heavy atom. The van der Waals surface area contributed by atoms with Crippen molar-refractivity contribution in [3.05, 3.63) is 63.1 Å². The van der Waals surface area contributed by atoms with Crippen molar-refractivity contribution in [3.63, 3.8) is 0 Å². The Hall–Kier alpha value is -1.75. The van der Waals surface area contributed by atoms with E-state index in [1.54, 1.807) is 0 Å². The van der Waals surface area contributed by atoms with Gasteiger partial charge >= 0.3 is 0 Å². The largest absolute Gasteiger partial charge is 0.368 e. The van der Waals surface area contributed by atoms with Crippen molar-refractivity contribution >= 4 is 34.8 Å². The van der Waals surface area contributed by atoms with E-state index >= 15 is 0 Å². The number of benzene rings is 2. The summed E-state index contributed by atoms with van der Waals surface area (Å²) < 4.78 is 0. The van der Waals surface area contributed by atoms with Gasteiger partial charge in [0.15, 0.2) is 0 Å². The molecule has 4 nitrogen and oxygen atoms in total. The molecule has 4 rings (SSSR count). The summed E-state index contributed by atoms with van der Waals surface area (Å²) in [6.45, 7) is 10.2. The van der Waals surface area contributed by atoms with Crippen LogP contribution in [0.1, 0.15) is 29.5 Å². The molecule has 2 fully saturated rings. The van der Waals surface area contributed by atoms with E-state index in [-0.39, 0.29) is 5.92 Å². The van der Waals surface area contributed by atoms with Crippen LogP contribution in [0.2, 0.25) is 10.0 Å². The van der Waals surface area contributed by atoms with Crippen molar-refractivity contribution in [1.82, 2.24) is 9.80 Å². The van der Waals surface area contributed by atoms with Gasteiger partial charge in [-0.25, -0.2) is 0 Å². The third kappa shape index (κ3) is 5.02. The number of hydrogen-bond donors (Lipinski definition) is 0. The molecule has 0 radical (unpaired) electrons. The zero-order valence-electron chi connectivity index (χ0n) is 18.4. The van der Waals surface area contributed by atoms with Crippen molar-refractivity contribution in [2.75, 3.05) is 44.2 Å². The molecule has 1 unspecified atom stereocenters. The fourth-order valence-corrected chi connectivity index (χ4v) is 5.33. The number of carbonyl (C=O) groups excluding carboxylic acids is 1. The number of hydrogen-bond acceptors (Lipinski definition) is 3.